The highest BCUT2D eigenvalue weighted by Crippen LogP contribution is 2.45. The summed E-state index contributed by atoms with van der Waals surface area (Å²) in [6.45, 7) is 9.39. The Hall–Kier alpha value is -1.26. The third-order valence-electron chi connectivity index (χ3n) is 4.99. The van der Waals surface area contributed by atoms with Gasteiger partial charge in [0.05, 0.1) is 0 Å². The molecule has 0 unspecified atom stereocenters. The highest BCUT2D eigenvalue weighted by Gasteiger charge is 2.41. The van der Waals surface area contributed by atoms with Gasteiger partial charge in [-0.15, -0.1) is 0 Å². The van der Waals surface area contributed by atoms with Crippen LogP contribution < -0.4 is 10.6 Å². The molecule has 1 aliphatic carbocycles. The van der Waals surface area contributed by atoms with Crippen LogP contribution >= 0.6 is 0 Å². The second-order valence-corrected chi connectivity index (χ2v) is 7.86. The molecule has 1 aliphatic heterocycles. The Morgan fingerprint density at radius 3 is 2.36 bits per heavy atom. The van der Waals surface area contributed by atoms with Gasteiger partial charge >= 0.3 is 0 Å². The van der Waals surface area contributed by atoms with Crippen LogP contribution in [0, 0.1) is 10.8 Å². The number of amides is 1. The summed E-state index contributed by atoms with van der Waals surface area (Å²) in [7, 11) is 1.84. The maximum atomic E-state index is 11.8. The third kappa shape index (κ3) is 4.14. The maximum Gasteiger partial charge on any atom is 0.225 e. The van der Waals surface area contributed by atoms with Gasteiger partial charge in [0, 0.05) is 38.6 Å². The summed E-state index contributed by atoms with van der Waals surface area (Å²) in [5.41, 5.74) is 0.226. The van der Waals surface area contributed by atoms with Crippen molar-refractivity contribution >= 4 is 11.9 Å². The zero-order chi connectivity index (χ0) is 16.2. The number of hydrogen-bond donors (Lipinski definition) is 2. The minimum absolute atomic E-state index is 0.0929. The van der Waals surface area contributed by atoms with Crippen molar-refractivity contribution < 1.29 is 4.79 Å². The minimum Gasteiger partial charge on any atom is -0.354 e. The van der Waals surface area contributed by atoms with Gasteiger partial charge in [-0.25, -0.2) is 0 Å². The lowest BCUT2D eigenvalue weighted by atomic mass is 9.86. The lowest BCUT2D eigenvalue weighted by Crippen LogP contribution is -2.45. The largest absolute Gasteiger partial charge is 0.354 e. The van der Waals surface area contributed by atoms with Crippen molar-refractivity contribution in [3.05, 3.63) is 0 Å². The quantitative estimate of drug-likeness (QED) is 0.476. The number of hydrogen-bond acceptors (Lipinski definition) is 2. The van der Waals surface area contributed by atoms with Crippen molar-refractivity contribution in [3.63, 3.8) is 0 Å². The van der Waals surface area contributed by atoms with E-state index in [1.165, 1.54) is 32.1 Å². The van der Waals surface area contributed by atoms with Crippen molar-refractivity contribution in [1.29, 1.82) is 0 Å². The Kier molecular flexibility index (Phi) is 5.35. The van der Waals surface area contributed by atoms with E-state index in [0.29, 0.717) is 12.0 Å². The molecule has 126 valence electrons. The molecule has 5 nitrogen and oxygen atoms in total. The number of rotatable bonds is 3. The molecule has 1 spiro atoms. The number of nitrogens with one attached hydrogen (secondary N) is 2. The molecule has 0 radical (unpaired) electrons. The lowest BCUT2D eigenvalue weighted by molar-refractivity contribution is -0.128. The summed E-state index contributed by atoms with van der Waals surface area (Å²) in [5, 5.41) is 6.35. The molecule has 0 aromatic heterocycles. The first kappa shape index (κ1) is 17.1. The summed E-state index contributed by atoms with van der Waals surface area (Å²) in [6, 6.07) is 0. The SMILES string of the molecule is CN=C(NCCNC(=O)C(C)(C)C)N1CCC2(CCCC2)C1. The van der Waals surface area contributed by atoms with Gasteiger partial charge in [-0.1, -0.05) is 33.6 Å². The van der Waals surface area contributed by atoms with Crippen LogP contribution in [0.3, 0.4) is 0 Å². The van der Waals surface area contributed by atoms with Gasteiger partial charge in [0.25, 0.3) is 0 Å². The molecule has 2 rings (SSSR count). The second-order valence-electron chi connectivity index (χ2n) is 7.86. The molecule has 2 aliphatic rings. The molecule has 1 saturated carbocycles. The van der Waals surface area contributed by atoms with Gasteiger partial charge in [0.15, 0.2) is 5.96 Å². The van der Waals surface area contributed by atoms with Crippen molar-refractivity contribution in [3.8, 4) is 0 Å². The molecule has 2 fully saturated rings. The number of likely N-dealkylation sites (tertiary alicyclic amines) is 1. The third-order valence-corrected chi connectivity index (χ3v) is 4.99. The summed E-state index contributed by atoms with van der Waals surface area (Å²) < 4.78 is 0. The summed E-state index contributed by atoms with van der Waals surface area (Å²) in [6.07, 6.45) is 6.83. The van der Waals surface area contributed by atoms with E-state index in [-0.39, 0.29) is 11.3 Å². The molecule has 0 atom stereocenters. The summed E-state index contributed by atoms with van der Waals surface area (Å²) in [4.78, 5) is 18.6. The average Bonchev–Trinajstić information content (AvgIpc) is 3.08. The molecule has 0 aromatic carbocycles. The Bertz CT molecular complexity index is 419. The molecule has 5 heteroatoms. The molecule has 1 amide bonds. The number of guanidine groups is 1. The fourth-order valence-electron chi connectivity index (χ4n) is 3.60. The fourth-order valence-corrected chi connectivity index (χ4v) is 3.60. The van der Waals surface area contributed by atoms with Crippen molar-refractivity contribution in [2.24, 2.45) is 15.8 Å². The molecule has 0 bridgehead atoms. The van der Waals surface area contributed by atoms with E-state index in [4.69, 9.17) is 0 Å². The molecule has 22 heavy (non-hydrogen) atoms. The van der Waals surface area contributed by atoms with Crippen LogP contribution in [0.1, 0.15) is 52.9 Å². The normalized spacial score (nSPS) is 21.5. The minimum atomic E-state index is -0.328. The van der Waals surface area contributed by atoms with E-state index in [1.54, 1.807) is 0 Å². The molecular weight excluding hydrogens is 276 g/mol. The number of carbonyl (C=O) groups excluding carboxylic acids is 1. The number of nitrogens with zero attached hydrogens (tertiary/aromatic N) is 2. The van der Waals surface area contributed by atoms with E-state index in [2.05, 4.69) is 20.5 Å². The van der Waals surface area contributed by atoms with Crippen LogP contribution in [-0.4, -0.2) is 50.0 Å². The molecule has 2 N–H and O–H groups in total. The fraction of sp³-hybridized carbons (Fsp3) is 0.882. The van der Waals surface area contributed by atoms with E-state index < -0.39 is 0 Å². The Morgan fingerprint density at radius 2 is 1.77 bits per heavy atom. The molecule has 1 heterocycles. The first-order chi connectivity index (χ1) is 10.4. The molecule has 0 aromatic rings. The Labute approximate surface area is 134 Å². The highest BCUT2D eigenvalue weighted by molar-refractivity contribution is 5.82. The van der Waals surface area contributed by atoms with Gasteiger partial charge in [0.2, 0.25) is 5.91 Å². The summed E-state index contributed by atoms with van der Waals surface area (Å²) >= 11 is 0. The zero-order valence-corrected chi connectivity index (χ0v) is 14.7. The van der Waals surface area contributed by atoms with E-state index in [0.717, 1.165) is 25.6 Å². The van der Waals surface area contributed by atoms with E-state index >= 15 is 0 Å². The van der Waals surface area contributed by atoms with Gasteiger partial charge in [-0.2, -0.15) is 0 Å². The van der Waals surface area contributed by atoms with Gasteiger partial charge in [0.1, 0.15) is 0 Å². The smallest absolute Gasteiger partial charge is 0.225 e. The van der Waals surface area contributed by atoms with Crippen LogP contribution in [0.4, 0.5) is 0 Å². The van der Waals surface area contributed by atoms with Crippen LogP contribution in [0.5, 0.6) is 0 Å². The predicted molar refractivity (Wildman–Crippen MR) is 90.9 cm³/mol. The topological polar surface area (TPSA) is 56.7 Å². The highest BCUT2D eigenvalue weighted by atomic mass is 16.2. The monoisotopic (exact) mass is 308 g/mol. The predicted octanol–water partition coefficient (Wildman–Crippen LogP) is 1.99. The first-order valence-corrected chi connectivity index (χ1v) is 8.60. The van der Waals surface area contributed by atoms with Crippen LogP contribution in [-0.2, 0) is 4.79 Å². The Morgan fingerprint density at radius 1 is 1.14 bits per heavy atom. The summed E-state index contributed by atoms with van der Waals surface area (Å²) in [5.74, 6) is 1.07. The molecule has 1 saturated heterocycles. The van der Waals surface area contributed by atoms with Gasteiger partial charge in [-0.05, 0) is 24.7 Å². The van der Waals surface area contributed by atoms with Gasteiger partial charge in [-0.3, -0.25) is 9.79 Å². The number of aliphatic imine (C=N–C) groups is 1. The number of carbonyl (C=O) groups is 1. The van der Waals surface area contributed by atoms with Crippen LogP contribution in [0.2, 0.25) is 0 Å². The zero-order valence-electron chi connectivity index (χ0n) is 14.7. The van der Waals surface area contributed by atoms with Crippen LogP contribution in [0.25, 0.3) is 0 Å². The van der Waals surface area contributed by atoms with Gasteiger partial charge < -0.3 is 15.5 Å². The van der Waals surface area contributed by atoms with Crippen LogP contribution in [0.15, 0.2) is 4.99 Å². The van der Waals surface area contributed by atoms with Crippen molar-refractivity contribution in [2.45, 2.75) is 52.9 Å². The van der Waals surface area contributed by atoms with E-state index in [9.17, 15) is 4.79 Å². The van der Waals surface area contributed by atoms with Crippen molar-refractivity contribution in [2.75, 3.05) is 33.2 Å². The molecular formula is C17H32N4O. The Balaban J connectivity index is 1.73. The first-order valence-electron chi connectivity index (χ1n) is 8.60. The average molecular weight is 308 g/mol. The lowest BCUT2D eigenvalue weighted by Gasteiger charge is -2.26. The standard InChI is InChI=1S/C17H32N4O/c1-16(2,3)14(22)19-10-11-20-15(18-4)21-12-9-17(13-21)7-5-6-8-17/h5-13H2,1-4H3,(H,18,20)(H,19,22). The second kappa shape index (κ2) is 6.88. The van der Waals surface area contributed by atoms with E-state index in [1.807, 2.05) is 27.8 Å². The maximum absolute atomic E-state index is 11.8. The van der Waals surface area contributed by atoms with Crippen molar-refractivity contribution in [1.82, 2.24) is 15.5 Å².